The SMILES string of the molecule is CC(C)N1C=C2C(OCc3ccccc3)=CN=C(Cc3ccccc3Br)N2CC1. The van der Waals surface area contributed by atoms with Crippen molar-refractivity contribution >= 4 is 21.8 Å². The van der Waals surface area contributed by atoms with Crippen molar-refractivity contribution in [2.24, 2.45) is 4.99 Å². The number of hydrogen-bond acceptors (Lipinski definition) is 4. The zero-order chi connectivity index (χ0) is 20.2. The molecule has 0 unspecified atom stereocenters. The zero-order valence-electron chi connectivity index (χ0n) is 16.9. The fourth-order valence-corrected chi connectivity index (χ4v) is 3.99. The monoisotopic (exact) mass is 451 g/mol. The molecular weight excluding hydrogens is 426 g/mol. The summed E-state index contributed by atoms with van der Waals surface area (Å²) >= 11 is 3.67. The van der Waals surface area contributed by atoms with Crippen LogP contribution >= 0.6 is 15.9 Å². The summed E-state index contributed by atoms with van der Waals surface area (Å²) in [7, 11) is 0. The number of rotatable bonds is 6. The molecule has 4 rings (SSSR count). The van der Waals surface area contributed by atoms with Crippen LogP contribution in [0.3, 0.4) is 0 Å². The van der Waals surface area contributed by atoms with Gasteiger partial charge in [-0.3, -0.25) is 0 Å². The normalized spacial score (nSPS) is 16.2. The number of aliphatic imine (C=N–C) groups is 1. The highest BCUT2D eigenvalue weighted by molar-refractivity contribution is 9.10. The van der Waals surface area contributed by atoms with Gasteiger partial charge in [0.05, 0.1) is 6.20 Å². The minimum Gasteiger partial charge on any atom is -0.485 e. The Balaban J connectivity index is 1.61. The molecule has 5 heteroatoms. The average Bonchev–Trinajstić information content (AvgIpc) is 2.75. The summed E-state index contributed by atoms with van der Waals surface area (Å²) in [6.45, 7) is 6.86. The molecule has 4 nitrogen and oxygen atoms in total. The molecule has 0 saturated heterocycles. The van der Waals surface area contributed by atoms with Gasteiger partial charge in [-0.1, -0.05) is 64.5 Å². The molecule has 0 fully saturated rings. The first kappa shape index (κ1) is 19.8. The third kappa shape index (κ3) is 4.56. The van der Waals surface area contributed by atoms with Crippen molar-refractivity contribution in [1.29, 1.82) is 0 Å². The van der Waals surface area contributed by atoms with Gasteiger partial charge < -0.3 is 14.5 Å². The second kappa shape index (κ2) is 8.87. The second-order valence-electron chi connectivity index (χ2n) is 7.58. The first-order valence-corrected chi connectivity index (χ1v) is 10.8. The first-order chi connectivity index (χ1) is 14.1. The standard InChI is InChI=1S/C24H26BrN3O/c1-18(2)27-12-13-28-22(16-27)23(29-17-19-8-4-3-5-9-19)15-26-24(28)14-20-10-6-7-11-21(20)25/h3-11,15-16,18H,12-14,17H2,1-2H3. The number of amidine groups is 1. The molecule has 2 aromatic carbocycles. The Bertz CT molecular complexity index is 950. The molecule has 150 valence electrons. The number of halogens is 1. The lowest BCUT2D eigenvalue weighted by Crippen LogP contribution is -2.46. The van der Waals surface area contributed by atoms with Crippen molar-refractivity contribution in [2.75, 3.05) is 13.1 Å². The Morgan fingerprint density at radius 1 is 1.03 bits per heavy atom. The summed E-state index contributed by atoms with van der Waals surface area (Å²) in [5.41, 5.74) is 3.48. The van der Waals surface area contributed by atoms with Crippen LogP contribution in [0, 0.1) is 0 Å². The van der Waals surface area contributed by atoms with Gasteiger partial charge in [-0.25, -0.2) is 4.99 Å². The number of fused-ring (bicyclic) bond motifs is 1. The van der Waals surface area contributed by atoms with E-state index in [1.165, 1.54) is 5.56 Å². The van der Waals surface area contributed by atoms with E-state index >= 15 is 0 Å². The smallest absolute Gasteiger partial charge is 0.163 e. The lowest BCUT2D eigenvalue weighted by atomic mass is 10.1. The number of ether oxygens (including phenoxy) is 1. The van der Waals surface area contributed by atoms with Gasteiger partial charge in [0, 0.05) is 36.2 Å². The van der Waals surface area contributed by atoms with Crippen molar-refractivity contribution in [3.63, 3.8) is 0 Å². The van der Waals surface area contributed by atoms with Gasteiger partial charge in [0.15, 0.2) is 5.76 Å². The highest BCUT2D eigenvalue weighted by atomic mass is 79.9. The molecule has 2 aromatic rings. The Morgan fingerprint density at radius 3 is 2.55 bits per heavy atom. The zero-order valence-corrected chi connectivity index (χ0v) is 18.5. The van der Waals surface area contributed by atoms with Gasteiger partial charge >= 0.3 is 0 Å². The van der Waals surface area contributed by atoms with E-state index < -0.39 is 0 Å². The third-order valence-corrected chi connectivity index (χ3v) is 6.04. The number of benzene rings is 2. The summed E-state index contributed by atoms with van der Waals surface area (Å²) in [6.07, 6.45) is 4.88. The van der Waals surface area contributed by atoms with Gasteiger partial charge in [-0.15, -0.1) is 0 Å². The van der Waals surface area contributed by atoms with Gasteiger partial charge in [0.1, 0.15) is 18.1 Å². The van der Waals surface area contributed by atoms with E-state index in [9.17, 15) is 0 Å². The average molecular weight is 452 g/mol. The van der Waals surface area contributed by atoms with Crippen LogP contribution in [-0.2, 0) is 17.8 Å². The lowest BCUT2D eigenvalue weighted by Gasteiger charge is -2.40. The molecule has 0 N–H and O–H groups in total. The maximum atomic E-state index is 6.20. The van der Waals surface area contributed by atoms with Crippen molar-refractivity contribution in [2.45, 2.75) is 32.9 Å². The summed E-state index contributed by atoms with van der Waals surface area (Å²) in [5, 5.41) is 0. The Hall–Kier alpha value is -2.53. The molecule has 2 heterocycles. The van der Waals surface area contributed by atoms with Crippen molar-refractivity contribution in [3.8, 4) is 0 Å². The first-order valence-electron chi connectivity index (χ1n) is 10.0. The highest BCUT2D eigenvalue weighted by Crippen LogP contribution is 2.29. The quantitative estimate of drug-likeness (QED) is 0.593. The highest BCUT2D eigenvalue weighted by Gasteiger charge is 2.29. The van der Waals surface area contributed by atoms with E-state index in [0.717, 1.165) is 46.8 Å². The Kier molecular flexibility index (Phi) is 6.05. The summed E-state index contributed by atoms with van der Waals surface area (Å²) in [6, 6.07) is 19.0. The van der Waals surface area contributed by atoms with E-state index in [4.69, 9.17) is 9.73 Å². The van der Waals surface area contributed by atoms with Crippen LogP contribution in [0.2, 0.25) is 0 Å². The van der Waals surface area contributed by atoms with Crippen molar-refractivity contribution in [3.05, 3.63) is 94.1 Å². The molecule has 0 aliphatic carbocycles. The third-order valence-electron chi connectivity index (χ3n) is 5.26. The number of hydrogen-bond donors (Lipinski definition) is 0. The molecule has 2 aliphatic rings. The molecule has 0 spiro atoms. The van der Waals surface area contributed by atoms with Crippen LogP contribution in [0.25, 0.3) is 0 Å². The Morgan fingerprint density at radius 2 is 1.79 bits per heavy atom. The van der Waals surface area contributed by atoms with Gasteiger partial charge in [-0.2, -0.15) is 0 Å². The molecular formula is C24H26BrN3O. The predicted octanol–water partition coefficient (Wildman–Crippen LogP) is 5.33. The fourth-order valence-electron chi connectivity index (χ4n) is 3.57. The van der Waals surface area contributed by atoms with Crippen LogP contribution in [0.1, 0.15) is 25.0 Å². The van der Waals surface area contributed by atoms with E-state index in [1.807, 2.05) is 30.5 Å². The maximum Gasteiger partial charge on any atom is 0.163 e. The number of nitrogens with zero attached hydrogens (tertiary/aromatic N) is 3. The summed E-state index contributed by atoms with van der Waals surface area (Å²) in [4.78, 5) is 9.46. The topological polar surface area (TPSA) is 28.1 Å². The van der Waals surface area contributed by atoms with Crippen molar-refractivity contribution in [1.82, 2.24) is 9.80 Å². The van der Waals surface area contributed by atoms with E-state index in [-0.39, 0.29) is 0 Å². The molecule has 0 atom stereocenters. The largest absolute Gasteiger partial charge is 0.485 e. The van der Waals surface area contributed by atoms with Crippen LogP contribution in [0.4, 0.5) is 0 Å². The van der Waals surface area contributed by atoms with Crippen molar-refractivity contribution < 1.29 is 4.74 Å². The molecule has 0 radical (unpaired) electrons. The lowest BCUT2D eigenvalue weighted by molar-refractivity contribution is 0.177. The molecule has 0 amide bonds. The summed E-state index contributed by atoms with van der Waals surface area (Å²) in [5.74, 6) is 1.88. The predicted molar refractivity (Wildman–Crippen MR) is 121 cm³/mol. The Labute approximate surface area is 181 Å². The van der Waals surface area contributed by atoms with E-state index in [2.05, 4.69) is 76.1 Å². The summed E-state index contributed by atoms with van der Waals surface area (Å²) < 4.78 is 7.31. The van der Waals surface area contributed by atoms with Gasteiger partial charge in [0.25, 0.3) is 0 Å². The molecule has 0 bridgehead atoms. The molecule has 0 saturated carbocycles. The van der Waals surface area contributed by atoms with Crippen LogP contribution in [0.5, 0.6) is 0 Å². The van der Waals surface area contributed by atoms with Crippen LogP contribution in [-0.4, -0.2) is 34.8 Å². The minimum atomic E-state index is 0.450. The molecule has 2 aliphatic heterocycles. The van der Waals surface area contributed by atoms with E-state index in [1.54, 1.807) is 0 Å². The molecule has 0 aromatic heterocycles. The van der Waals surface area contributed by atoms with Crippen LogP contribution < -0.4 is 0 Å². The van der Waals surface area contributed by atoms with Crippen LogP contribution in [0.15, 0.2) is 87.9 Å². The van der Waals surface area contributed by atoms with E-state index in [0.29, 0.717) is 12.6 Å². The maximum absolute atomic E-state index is 6.20. The molecule has 29 heavy (non-hydrogen) atoms. The second-order valence-corrected chi connectivity index (χ2v) is 8.43. The van der Waals surface area contributed by atoms with Gasteiger partial charge in [-0.05, 0) is 31.0 Å². The van der Waals surface area contributed by atoms with Gasteiger partial charge in [0.2, 0.25) is 0 Å². The minimum absolute atomic E-state index is 0.450. The fraction of sp³-hybridized carbons (Fsp3) is 0.292.